The maximum Gasteiger partial charge on any atom is 0.416 e. The summed E-state index contributed by atoms with van der Waals surface area (Å²) in [6.45, 7) is 0. The smallest absolute Gasteiger partial charge is 0.416 e. The molecule has 11 heteroatoms. The summed E-state index contributed by atoms with van der Waals surface area (Å²) in [5, 5.41) is 4.21. The minimum Gasteiger partial charge on any atom is -0.493 e. The van der Waals surface area contributed by atoms with Crippen molar-refractivity contribution in [3.63, 3.8) is 0 Å². The predicted molar refractivity (Wildman–Crippen MR) is 121 cm³/mol. The summed E-state index contributed by atoms with van der Waals surface area (Å²) in [6, 6.07) is 8.82. The summed E-state index contributed by atoms with van der Waals surface area (Å²) >= 11 is 1.13. The topological polar surface area (TPSA) is 75.0 Å². The van der Waals surface area contributed by atoms with E-state index in [1.165, 1.54) is 38.0 Å². The number of ether oxygens (including phenoxy) is 3. The van der Waals surface area contributed by atoms with E-state index in [9.17, 15) is 18.0 Å². The van der Waals surface area contributed by atoms with Crippen LogP contribution in [0, 0.1) is 0 Å². The molecule has 0 aliphatic heterocycles. The number of aryl methyl sites for hydroxylation is 2. The van der Waals surface area contributed by atoms with Gasteiger partial charge in [0.15, 0.2) is 17.3 Å². The van der Waals surface area contributed by atoms with Crippen LogP contribution in [0.5, 0.6) is 17.2 Å². The number of aromatic nitrogens is 3. The molecule has 0 atom stereocenters. The van der Waals surface area contributed by atoms with Gasteiger partial charge in [-0.05, 0) is 41.8 Å². The van der Waals surface area contributed by atoms with Gasteiger partial charge in [0.05, 0.1) is 31.4 Å². The lowest BCUT2D eigenvalue weighted by Gasteiger charge is -2.12. The SMILES string of the molecule is COc1cc(/C=c2\sc3nc(CCc4ccccc4C(F)(F)F)nn3c2=O)cc(OC)c1OC. The summed E-state index contributed by atoms with van der Waals surface area (Å²) in [6.07, 6.45) is -2.50. The van der Waals surface area contributed by atoms with Crippen LogP contribution in [0.2, 0.25) is 0 Å². The minimum absolute atomic E-state index is 0.103. The Morgan fingerprint density at radius 1 is 1.03 bits per heavy atom. The van der Waals surface area contributed by atoms with Crippen LogP contribution in [0.4, 0.5) is 13.2 Å². The second-order valence-electron chi connectivity index (χ2n) is 7.25. The van der Waals surface area contributed by atoms with Gasteiger partial charge in [-0.2, -0.15) is 17.7 Å². The van der Waals surface area contributed by atoms with Crippen LogP contribution in [0.3, 0.4) is 0 Å². The molecule has 0 aliphatic rings. The van der Waals surface area contributed by atoms with E-state index in [4.69, 9.17) is 14.2 Å². The van der Waals surface area contributed by atoms with Gasteiger partial charge in [0.1, 0.15) is 0 Å². The van der Waals surface area contributed by atoms with E-state index in [1.807, 2.05) is 0 Å². The lowest BCUT2D eigenvalue weighted by Crippen LogP contribution is -2.23. The van der Waals surface area contributed by atoms with Gasteiger partial charge in [-0.3, -0.25) is 4.79 Å². The fourth-order valence-electron chi connectivity index (χ4n) is 3.58. The molecule has 0 radical (unpaired) electrons. The van der Waals surface area contributed by atoms with Crippen molar-refractivity contribution >= 4 is 22.4 Å². The Kier molecular flexibility index (Phi) is 6.47. The third-order valence-electron chi connectivity index (χ3n) is 5.15. The zero-order chi connectivity index (χ0) is 24.5. The van der Waals surface area contributed by atoms with Gasteiger partial charge in [0, 0.05) is 6.42 Å². The van der Waals surface area contributed by atoms with Crippen molar-refractivity contribution in [3.8, 4) is 17.2 Å². The van der Waals surface area contributed by atoms with E-state index in [0.717, 1.165) is 17.4 Å². The van der Waals surface area contributed by atoms with Gasteiger partial charge in [0.2, 0.25) is 10.7 Å². The Bertz CT molecular complexity index is 1420. The second-order valence-corrected chi connectivity index (χ2v) is 8.26. The number of nitrogens with zero attached hydrogens (tertiary/aromatic N) is 3. The molecule has 0 amide bonds. The van der Waals surface area contributed by atoms with Gasteiger partial charge in [-0.25, -0.2) is 4.98 Å². The monoisotopic (exact) mass is 491 g/mol. The number of thiazole rings is 1. The number of benzene rings is 2. The van der Waals surface area contributed by atoms with Crippen LogP contribution in [0.15, 0.2) is 41.2 Å². The summed E-state index contributed by atoms with van der Waals surface area (Å²) in [4.78, 5) is 17.5. The molecule has 0 spiro atoms. The second kappa shape index (κ2) is 9.34. The van der Waals surface area contributed by atoms with Crippen molar-refractivity contribution in [1.82, 2.24) is 14.6 Å². The summed E-state index contributed by atoms with van der Waals surface area (Å²) in [7, 11) is 4.49. The first kappa shape index (κ1) is 23.6. The summed E-state index contributed by atoms with van der Waals surface area (Å²) < 4.78 is 57.2. The molecule has 2 aromatic heterocycles. The van der Waals surface area contributed by atoms with Crippen molar-refractivity contribution in [2.75, 3.05) is 21.3 Å². The van der Waals surface area contributed by atoms with Crippen LogP contribution in [-0.2, 0) is 19.0 Å². The Labute approximate surface area is 196 Å². The van der Waals surface area contributed by atoms with E-state index in [1.54, 1.807) is 24.3 Å². The average Bonchev–Trinajstić information content (AvgIpc) is 3.35. The fraction of sp³-hybridized carbons (Fsp3) is 0.261. The third-order valence-corrected chi connectivity index (χ3v) is 6.11. The zero-order valence-electron chi connectivity index (χ0n) is 18.5. The zero-order valence-corrected chi connectivity index (χ0v) is 19.3. The van der Waals surface area contributed by atoms with Crippen LogP contribution in [0.25, 0.3) is 11.0 Å². The Hall–Kier alpha value is -3.60. The largest absolute Gasteiger partial charge is 0.493 e. The van der Waals surface area contributed by atoms with Crippen molar-refractivity contribution in [2.24, 2.45) is 0 Å². The van der Waals surface area contributed by atoms with Crippen LogP contribution in [0.1, 0.15) is 22.5 Å². The molecule has 0 saturated heterocycles. The van der Waals surface area contributed by atoms with E-state index >= 15 is 0 Å². The van der Waals surface area contributed by atoms with Crippen LogP contribution in [-0.4, -0.2) is 35.9 Å². The van der Waals surface area contributed by atoms with Crippen molar-refractivity contribution in [3.05, 3.63) is 73.8 Å². The van der Waals surface area contributed by atoms with Gasteiger partial charge >= 0.3 is 6.18 Å². The molecule has 0 saturated carbocycles. The molecule has 4 aromatic rings. The van der Waals surface area contributed by atoms with Crippen molar-refractivity contribution in [2.45, 2.75) is 19.0 Å². The number of hydrogen-bond donors (Lipinski definition) is 0. The van der Waals surface area contributed by atoms with Gasteiger partial charge in [-0.1, -0.05) is 29.5 Å². The highest BCUT2D eigenvalue weighted by Gasteiger charge is 2.32. The molecule has 2 aromatic carbocycles. The lowest BCUT2D eigenvalue weighted by atomic mass is 10.0. The first-order valence-electron chi connectivity index (χ1n) is 10.1. The van der Waals surface area contributed by atoms with Gasteiger partial charge < -0.3 is 14.2 Å². The van der Waals surface area contributed by atoms with Gasteiger partial charge in [0.25, 0.3) is 5.56 Å². The number of halogens is 3. The summed E-state index contributed by atoms with van der Waals surface area (Å²) in [5.41, 5.74) is -0.238. The number of rotatable bonds is 7. The molecule has 0 aliphatic carbocycles. The number of hydrogen-bond acceptors (Lipinski definition) is 7. The minimum atomic E-state index is -4.43. The maximum atomic E-state index is 13.2. The highest BCUT2D eigenvalue weighted by molar-refractivity contribution is 7.15. The van der Waals surface area contributed by atoms with E-state index < -0.39 is 11.7 Å². The quantitative estimate of drug-likeness (QED) is 0.394. The molecule has 4 rings (SSSR count). The molecule has 0 N–H and O–H groups in total. The normalized spacial score (nSPS) is 12.4. The van der Waals surface area contributed by atoms with E-state index in [2.05, 4.69) is 10.1 Å². The maximum absolute atomic E-state index is 13.2. The molecule has 0 bridgehead atoms. The summed E-state index contributed by atoms with van der Waals surface area (Å²) in [5.74, 6) is 1.63. The fourth-order valence-corrected chi connectivity index (χ4v) is 4.50. The standard InChI is InChI=1S/C23H20F3N3O4S/c1-31-16-10-13(11-17(32-2)20(16)33-3)12-18-21(30)29-22(34-18)27-19(28-29)9-8-14-6-4-5-7-15(14)23(24,25)26/h4-7,10-12H,8-9H2,1-3H3/b18-12-. The highest BCUT2D eigenvalue weighted by atomic mass is 32.1. The first-order valence-corrected chi connectivity index (χ1v) is 10.9. The molecule has 7 nitrogen and oxygen atoms in total. The molecule has 2 heterocycles. The molecular formula is C23H20F3N3O4S. The van der Waals surface area contributed by atoms with E-state index in [-0.39, 0.29) is 24.0 Å². The Morgan fingerprint density at radius 2 is 1.71 bits per heavy atom. The van der Waals surface area contributed by atoms with Crippen LogP contribution < -0.4 is 24.3 Å². The number of alkyl halides is 3. The average molecular weight is 491 g/mol. The van der Waals surface area contributed by atoms with E-state index in [0.29, 0.717) is 38.1 Å². The number of fused-ring (bicyclic) bond motifs is 1. The highest BCUT2D eigenvalue weighted by Crippen LogP contribution is 2.38. The van der Waals surface area contributed by atoms with Gasteiger partial charge in [-0.15, -0.1) is 5.10 Å². The first-order chi connectivity index (χ1) is 16.2. The lowest BCUT2D eigenvalue weighted by molar-refractivity contribution is -0.138. The molecular weight excluding hydrogens is 471 g/mol. The molecule has 0 fully saturated rings. The Morgan fingerprint density at radius 3 is 2.29 bits per heavy atom. The van der Waals surface area contributed by atoms with Crippen LogP contribution >= 0.6 is 11.3 Å². The Balaban J connectivity index is 1.63. The third kappa shape index (κ3) is 4.56. The van der Waals surface area contributed by atoms with Crippen molar-refractivity contribution in [1.29, 1.82) is 0 Å². The molecule has 34 heavy (non-hydrogen) atoms. The predicted octanol–water partition coefficient (Wildman–Crippen LogP) is 3.53. The molecule has 178 valence electrons. The number of methoxy groups -OCH3 is 3. The molecule has 0 unspecified atom stereocenters. The van der Waals surface area contributed by atoms with Crippen molar-refractivity contribution < 1.29 is 27.4 Å².